The largest absolute Gasteiger partial charge is 0.355 e. The molecule has 0 fully saturated rings. The molecular weight excluding hydrogens is 582 g/mol. The second-order valence-corrected chi connectivity index (χ2v) is 12.6. The summed E-state index contributed by atoms with van der Waals surface area (Å²) in [7, 11) is -4.19. The fourth-order valence-corrected chi connectivity index (χ4v) is 6.51. The van der Waals surface area contributed by atoms with Crippen molar-refractivity contribution in [2.45, 2.75) is 44.7 Å². The maximum atomic E-state index is 14.4. The molecule has 0 saturated carbocycles. The number of likely N-dealkylation sites (N-methyl/N-ethyl adjacent to an activating group) is 1. The first-order chi connectivity index (χ1) is 20.6. The predicted octanol–water partition coefficient (Wildman–Crippen LogP) is 5.93. The second-order valence-electron chi connectivity index (χ2n) is 10.3. The highest BCUT2D eigenvalue weighted by molar-refractivity contribution is 7.92. The number of benzene rings is 4. The van der Waals surface area contributed by atoms with E-state index < -0.39 is 28.5 Å². The number of rotatable bonds is 12. The fourth-order valence-electron chi connectivity index (χ4n) is 4.91. The molecule has 0 aliphatic heterocycles. The average Bonchev–Trinajstić information content (AvgIpc) is 2.99. The summed E-state index contributed by atoms with van der Waals surface area (Å²) in [5, 5.41) is 3.28. The van der Waals surface area contributed by atoms with Gasteiger partial charge in [-0.2, -0.15) is 0 Å². The van der Waals surface area contributed by atoms with Crippen molar-refractivity contribution in [3.8, 4) is 0 Å². The molecule has 0 aliphatic rings. The van der Waals surface area contributed by atoms with Crippen molar-refractivity contribution in [1.29, 1.82) is 0 Å². The van der Waals surface area contributed by atoms with Gasteiger partial charge in [0, 0.05) is 24.5 Å². The minimum absolute atomic E-state index is 0.00275. The molecule has 0 aliphatic carbocycles. The van der Waals surface area contributed by atoms with E-state index in [0.717, 1.165) is 21.0 Å². The first-order valence-corrected chi connectivity index (χ1v) is 15.9. The molecule has 1 N–H and O–H groups in total. The van der Waals surface area contributed by atoms with Crippen molar-refractivity contribution in [3.05, 3.63) is 130 Å². The summed E-state index contributed by atoms with van der Waals surface area (Å²) >= 11 is 6.05. The molecule has 1 atom stereocenters. The summed E-state index contributed by atoms with van der Waals surface area (Å²) in [6.45, 7) is 5.57. The van der Waals surface area contributed by atoms with E-state index in [1.807, 2.05) is 74.5 Å². The number of aryl methyl sites for hydroxylation is 2. The Kier molecular flexibility index (Phi) is 10.6. The van der Waals surface area contributed by atoms with E-state index in [1.54, 1.807) is 25.1 Å². The molecule has 0 heterocycles. The number of nitrogens with zero attached hydrogens (tertiary/aromatic N) is 2. The van der Waals surface area contributed by atoms with Crippen LogP contribution in [0.5, 0.6) is 0 Å². The summed E-state index contributed by atoms with van der Waals surface area (Å²) in [6, 6.07) is 29.1. The molecule has 0 aromatic heterocycles. The van der Waals surface area contributed by atoms with Gasteiger partial charge in [0.15, 0.2) is 0 Å². The third-order valence-corrected chi connectivity index (χ3v) is 9.31. The fraction of sp³-hybridized carbons (Fsp3) is 0.235. The summed E-state index contributed by atoms with van der Waals surface area (Å²) in [4.78, 5) is 29.5. The molecule has 0 saturated heterocycles. The molecule has 4 aromatic carbocycles. The number of carbonyl (C=O) groups excluding carboxylic acids is 2. The molecule has 224 valence electrons. The number of anilines is 1. The molecule has 9 heteroatoms. The lowest BCUT2D eigenvalue weighted by Gasteiger charge is -2.34. The topological polar surface area (TPSA) is 86.8 Å². The lowest BCUT2D eigenvalue weighted by atomic mass is 10.0. The molecule has 0 spiro atoms. The number of para-hydroxylation sites is 1. The molecule has 7 nitrogen and oxygen atoms in total. The van der Waals surface area contributed by atoms with Crippen molar-refractivity contribution >= 4 is 39.1 Å². The third kappa shape index (κ3) is 7.83. The minimum atomic E-state index is -4.19. The molecule has 0 bridgehead atoms. The van der Waals surface area contributed by atoms with Gasteiger partial charge >= 0.3 is 0 Å². The average molecular weight is 618 g/mol. The van der Waals surface area contributed by atoms with E-state index in [9.17, 15) is 18.0 Å². The highest BCUT2D eigenvalue weighted by Gasteiger charge is 2.35. The van der Waals surface area contributed by atoms with E-state index in [2.05, 4.69) is 5.32 Å². The van der Waals surface area contributed by atoms with Gasteiger partial charge < -0.3 is 10.2 Å². The molecule has 0 radical (unpaired) electrons. The van der Waals surface area contributed by atoms with Crippen LogP contribution in [0.25, 0.3) is 0 Å². The summed E-state index contributed by atoms with van der Waals surface area (Å²) in [6.07, 6.45) is 0.262. The number of sulfonamides is 1. The number of hydrogen-bond donors (Lipinski definition) is 1. The van der Waals surface area contributed by atoms with Crippen molar-refractivity contribution in [2.24, 2.45) is 0 Å². The van der Waals surface area contributed by atoms with Gasteiger partial charge in [-0.05, 0) is 73.4 Å². The molecule has 0 unspecified atom stereocenters. The lowest BCUT2D eigenvalue weighted by Crippen LogP contribution is -2.53. The van der Waals surface area contributed by atoms with Crippen molar-refractivity contribution in [2.75, 3.05) is 17.4 Å². The third-order valence-electron chi connectivity index (χ3n) is 7.29. The summed E-state index contributed by atoms with van der Waals surface area (Å²) in [5.41, 5.74) is 3.76. The van der Waals surface area contributed by atoms with Gasteiger partial charge in [-0.3, -0.25) is 13.9 Å². The first-order valence-electron chi connectivity index (χ1n) is 14.1. The first kappa shape index (κ1) is 31.8. The number of carbonyl (C=O) groups is 2. The molecule has 4 aromatic rings. The maximum Gasteiger partial charge on any atom is 0.264 e. The van der Waals surface area contributed by atoms with E-state index in [1.165, 1.54) is 29.2 Å². The second kappa shape index (κ2) is 14.4. The Balaban J connectivity index is 1.81. The van der Waals surface area contributed by atoms with E-state index in [-0.39, 0.29) is 23.8 Å². The van der Waals surface area contributed by atoms with Gasteiger partial charge in [0.1, 0.15) is 12.6 Å². The van der Waals surface area contributed by atoms with E-state index in [0.29, 0.717) is 22.8 Å². The van der Waals surface area contributed by atoms with Crippen LogP contribution in [0, 0.1) is 13.8 Å². The maximum absolute atomic E-state index is 14.4. The zero-order valence-electron chi connectivity index (χ0n) is 24.5. The van der Waals surface area contributed by atoms with Crippen LogP contribution >= 0.6 is 11.6 Å². The van der Waals surface area contributed by atoms with Crippen LogP contribution in [-0.2, 0) is 32.6 Å². The molecular formula is C34H36ClN3O4S. The van der Waals surface area contributed by atoms with E-state index in [4.69, 9.17) is 11.6 Å². The number of halogens is 1. The quantitative estimate of drug-likeness (QED) is 0.214. The Morgan fingerprint density at radius 1 is 0.814 bits per heavy atom. The molecule has 4 rings (SSSR count). The summed E-state index contributed by atoms with van der Waals surface area (Å²) in [5.74, 6) is -0.812. The van der Waals surface area contributed by atoms with Crippen LogP contribution in [0.3, 0.4) is 0 Å². The number of hydrogen-bond acceptors (Lipinski definition) is 4. The highest BCUT2D eigenvalue weighted by atomic mass is 35.5. The Bertz CT molecular complexity index is 1660. The van der Waals surface area contributed by atoms with Gasteiger partial charge in [-0.1, -0.05) is 84.4 Å². The van der Waals surface area contributed by atoms with Crippen LogP contribution in [0.15, 0.2) is 108 Å². The normalized spacial score (nSPS) is 11.9. The highest BCUT2D eigenvalue weighted by Crippen LogP contribution is 2.28. The molecule has 43 heavy (non-hydrogen) atoms. The smallest absolute Gasteiger partial charge is 0.264 e. The van der Waals surface area contributed by atoms with Gasteiger partial charge in [0.05, 0.1) is 10.6 Å². The molecule has 2 amide bonds. The van der Waals surface area contributed by atoms with Crippen molar-refractivity contribution in [3.63, 3.8) is 0 Å². The van der Waals surface area contributed by atoms with Gasteiger partial charge in [0.2, 0.25) is 11.8 Å². The van der Waals surface area contributed by atoms with Crippen molar-refractivity contribution in [1.82, 2.24) is 10.2 Å². The zero-order valence-corrected chi connectivity index (χ0v) is 26.1. The Labute approximate surface area is 259 Å². The Morgan fingerprint density at radius 3 is 2.05 bits per heavy atom. The zero-order chi connectivity index (χ0) is 31.0. The number of amides is 2. The minimum Gasteiger partial charge on any atom is -0.355 e. The van der Waals surface area contributed by atoms with Crippen LogP contribution < -0.4 is 9.62 Å². The lowest BCUT2D eigenvalue weighted by molar-refractivity contribution is -0.140. The SMILES string of the molecule is CCNC(=O)[C@H](Cc1ccccc1)N(Cc1ccccc1C)C(=O)CN(c1ccccc1C)S(=O)(=O)c1ccc(Cl)cc1. The van der Waals surface area contributed by atoms with E-state index >= 15 is 0 Å². The Morgan fingerprint density at radius 2 is 1.42 bits per heavy atom. The van der Waals surface area contributed by atoms with Crippen LogP contribution in [0.4, 0.5) is 5.69 Å². The van der Waals surface area contributed by atoms with Crippen LogP contribution in [-0.4, -0.2) is 44.3 Å². The van der Waals surface area contributed by atoms with Gasteiger partial charge in [-0.15, -0.1) is 0 Å². The summed E-state index contributed by atoms with van der Waals surface area (Å²) < 4.78 is 29.3. The van der Waals surface area contributed by atoms with Crippen molar-refractivity contribution < 1.29 is 18.0 Å². The van der Waals surface area contributed by atoms with Gasteiger partial charge in [-0.25, -0.2) is 8.42 Å². The Hall–Kier alpha value is -4.14. The predicted molar refractivity (Wildman–Crippen MR) is 172 cm³/mol. The standard InChI is InChI=1S/C34H36ClN3O4S/c1-4-36-34(40)32(22-27-14-6-5-7-15-27)37(23-28-16-10-8-12-25(28)2)33(39)24-38(31-17-11-9-13-26(31)3)43(41,42)30-20-18-29(35)19-21-30/h5-21,32H,4,22-24H2,1-3H3,(H,36,40)/t32-/m0/s1. The van der Waals surface area contributed by atoms with Gasteiger partial charge in [0.25, 0.3) is 10.0 Å². The number of nitrogens with one attached hydrogen (secondary N) is 1. The van der Waals surface area contributed by atoms with Crippen LogP contribution in [0.2, 0.25) is 5.02 Å². The van der Waals surface area contributed by atoms with Crippen LogP contribution in [0.1, 0.15) is 29.2 Å². The monoisotopic (exact) mass is 617 g/mol.